The maximum atomic E-state index is 5.94. The Morgan fingerprint density at radius 1 is 1.40 bits per heavy atom. The van der Waals surface area contributed by atoms with Crippen LogP contribution in [0.1, 0.15) is 30.7 Å². The van der Waals surface area contributed by atoms with Crippen molar-refractivity contribution in [2.24, 2.45) is 5.73 Å². The van der Waals surface area contributed by atoms with Crippen molar-refractivity contribution in [1.29, 1.82) is 0 Å². The Labute approximate surface area is 97.6 Å². The fourth-order valence-electron chi connectivity index (χ4n) is 1.66. The monoisotopic (exact) mass is 267 g/mol. The summed E-state index contributed by atoms with van der Waals surface area (Å²) in [5, 5.41) is 1.11. The second-order valence-electron chi connectivity index (χ2n) is 3.83. The van der Waals surface area contributed by atoms with Crippen molar-refractivity contribution in [1.82, 2.24) is 0 Å². The van der Waals surface area contributed by atoms with Crippen molar-refractivity contribution >= 4 is 26.9 Å². The van der Waals surface area contributed by atoms with Gasteiger partial charge >= 0.3 is 0 Å². The highest BCUT2D eigenvalue weighted by Crippen LogP contribution is 2.31. The van der Waals surface area contributed by atoms with Gasteiger partial charge in [0.2, 0.25) is 0 Å². The molecule has 2 N–H and O–H groups in total. The van der Waals surface area contributed by atoms with Crippen LogP contribution in [0, 0.1) is 6.92 Å². The molecule has 1 aromatic heterocycles. The Hall–Kier alpha value is -0.800. The van der Waals surface area contributed by atoms with E-state index in [0.717, 1.165) is 27.6 Å². The molecule has 0 bridgehead atoms. The molecule has 1 aromatic carbocycles. The molecular weight excluding hydrogens is 254 g/mol. The summed E-state index contributed by atoms with van der Waals surface area (Å²) in [7, 11) is 0. The van der Waals surface area contributed by atoms with Crippen LogP contribution < -0.4 is 5.73 Å². The van der Waals surface area contributed by atoms with E-state index in [4.69, 9.17) is 10.2 Å². The Morgan fingerprint density at radius 2 is 2.13 bits per heavy atom. The average Bonchev–Trinajstić information content (AvgIpc) is 2.60. The van der Waals surface area contributed by atoms with E-state index < -0.39 is 0 Å². The predicted molar refractivity (Wildman–Crippen MR) is 65.9 cm³/mol. The topological polar surface area (TPSA) is 39.2 Å². The maximum absolute atomic E-state index is 5.94. The molecule has 15 heavy (non-hydrogen) atoms. The standard InChI is InChI=1S/C12H14BrNO/c1-3-10(14)11-6-8-4-7(2)5-9(13)12(8)15-11/h4-6,10H,3,14H2,1-2H3. The van der Waals surface area contributed by atoms with E-state index >= 15 is 0 Å². The van der Waals surface area contributed by atoms with E-state index in [-0.39, 0.29) is 6.04 Å². The fourth-order valence-corrected chi connectivity index (χ4v) is 2.33. The second kappa shape index (κ2) is 3.99. The molecule has 1 heterocycles. The zero-order valence-corrected chi connectivity index (χ0v) is 10.5. The number of furan rings is 1. The van der Waals surface area contributed by atoms with E-state index in [1.54, 1.807) is 0 Å². The van der Waals surface area contributed by atoms with Crippen molar-refractivity contribution in [3.05, 3.63) is 34.0 Å². The summed E-state index contributed by atoms with van der Waals surface area (Å²) in [6.45, 7) is 4.12. The number of nitrogens with two attached hydrogens (primary N) is 1. The van der Waals surface area contributed by atoms with Crippen LogP contribution in [0.3, 0.4) is 0 Å². The van der Waals surface area contributed by atoms with Gasteiger partial charge in [-0.1, -0.05) is 6.92 Å². The summed E-state index contributed by atoms with van der Waals surface area (Å²) < 4.78 is 6.73. The van der Waals surface area contributed by atoms with E-state index in [1.807, 2.05) is 12.1 Å². The van der Waals surface area contributed by atoms with Crippen molar-refractivity contribution in [3.63, 3.8) is 0 Å². The van der Waals surface area contributed by atoms with Crippen molar-refractivity contribution < 1.29 is 4.42 Å². The lowest BCUT2D eigenvalue weighted by molar-refractivity contribution is 0.487. The summed E-state index contributed by atoms with van der Waals surface area (Å²) in [6.07, 6.45) is 0.885. The number of aryl methyl sites for hydroxylation is 1. The predicted octanol–water partition coefficient (Wildman–Crippen LogP) is 3.91. The average molecular weight is 268 g/mol. The smallest absolute Gasteiger partial charge is 0.148 e. The molecule has 0 fully saturated rings. The summed E-state index contributed by atoms with van der Waals surface area (Å²) in [6, 6.07) is 6.17. The number of benzene rings is 1. The van der Waals surface area contributed by atoms with Crippen LogP contribution in [0.5, 0.6) is 0 Å². The second-order valence-corrected chi connectivity index (χ2v) is 4.68. The minimum atomic E-state index is -0.00962. The third kappa shape index (κ3) is 1.94. The van der Waals surface area contributed by atoms with E-state index in [2.05, 4.69) is 35.8 Å². The van der Waals surface area contributed by atoms with E-state index in [1.165, 1.54) is 5.56 Å². The molecule has 0 spiro atoms. The van der Waals surface area contributed by atoms with Gasteiger partial charge in [-0.2, -0.15) is 0 Å². The number of fused-ring (bicyclic) bond motifs is 1. The SMILES string of the molecule is CCC(N)c1cc2cc(C)cc(Br)c2o1. The lowest BCUT2D eigenvalue weighted by atomic mass is 10.1. The Morgan fingerprint density at radius 3 is 2.80 bits per heavy atom. The van der Waals surface area contributed by atoms with Gasteiger partial charge in [0.05, 0.1) is 10.5 Å². The fraction of sp³-hybridized carbons (Fsp3) is 0.333. The molecule has 0 aliphatic rings. The lowest BCUT2D eigenvalue weighted by Crippen LogP contribution is -2.06. The van der Waals surface area contributed by atoms with Gasteiger partial charge < -0.3 is 10.2 Å². The molecule has 2 nitrogen and oxygen atoms in total. The van der Waals surface area contributed by atoms with E-state index in [9.17, 15) is 0 Å². The molecular formula is C12H14BrNO. The highest BCUT2D eigenvalue weighted by Gasteiger charge is 2.12. The molecule has 3 heteroatoms. The highest BCUT2D eigenvalue weighted by molar-refractivity contribution is 9.10. The first-order valence-electron chi connectivity index (χ1n) is 5.07. The first-order chi connectivity index (χ1) is 7.11. The normalized spacial score (nSPS) is 13.3. The largest absolute Gasteiger partial charge is 0.458 e. The minimum Gasteiger partial charge on any atom is -0.458 e. The summed E-state index contributed by atoms with van der Waals surface area (Å²) in [5.41, 5.74) is 8.04. The molecule has 0 aliphatic heterocycles. The molecule has 0 amide bonds. The summed E-state index contributed by atoms with van der Waals surface area (Å²) in [5.74, 6) is 0.860. The number of hydrogen-bond donors (Lipinski definition) is 1. The molecule has 0 saturated heterocycles. The zero-order chi connectivity index (χ0) is 11.0. The molecule has 2 aromatic rings. The first-order valence-corrected chi connectivity index (χ1v) is 5.86. The molecule has 80 valence electrons. The van der Waals surface area contributed by atoms with Crippen molar-refractivity contribution in [2.75, 3.05) is 0 Å². The Bertz CT molecular complexity index is 490. The third-order valence-corrected chi connectivity index (χ3v) is 3.13. The Kier molecular flexibility index (Phi) is 2.85. The number of halogens is 1. The zero-order valence-electron chi connectivity index (χ0n) is 8.88. The van der Waals surface area contributed by atoms with Crippen molar-refractivity contribution in [3.8, 4) is 0 Å². The van der Waals surface area contributed by atoms with Crippen LogP contribution in [-0.2, 0) is 0 Å². The van der Waals surface area contributed by atoms with Gasteiger partial charge in [0.25, 0.3) is 0 Å². The molecule has 0 aliphatic carbocycles. The Balaban J connectivity index is 2.60. The van der Waals surface area contributed by atoms with Crippen LogP contribution in [-0.4, -0.2) is 0 Å². The first kappa shape index (κ1) is 10.7. The van der Waals surface area contributed by atoms with Gasteiger partial charge in [-0.3, -0.25) is 0 Å². The highest BCUT2D eigenvalue weighted by atomic mass is 79.9. The van der Waals surface area contributed by atoms with Crippen LogP contribution in [0.15, 0.2) is 27.1 Å². The van der Waals surface area contributed by atoms with Gasteiger partial charge in [0, 0.05) is 5.39 Å². The van der Waals surface area contributed by atoms with Crippen LogP contribution in [0.25, 0.3) is 11.0 Å². The molecule has 0 saturated carbocycles. The molecule has 1 atom stereocenters. The van der Waals surface area contributed by atoms with Crippen LogP contribution in [0.4, 0.5) is 0 Å². The van der Waals surface area contributed by atoms with Gasteiger partial charge in [0.15, 0.2) is 0 Å². The third-order valence-electron chi connectivity index (χ3n) is 2.54. The molecule has 1 unspecified atom stereocenters. The number of hydrogen-bond acceptors (Lipinski definition) is 2. The van der Waals surface area contributed by atoms with Gasteiger partial charge in [0.1, 0.15) is 11.3 Å². The van der Waals surface area contributed by atoms with Crippen molar-refractivity contribution in [2.45, 2.75) is 26.3 Å². The molecule has 0 radical (unpaired) electrons. The van der Waals surface area contributed by atoms with Crippen LogP contribution in [0.2, 0.25) is 0 Å². The van der Waals surface area contributed by atoms with Crippen LogP contribution >= 0.6 is 15.9 Å². The number of rotatable bonds is 2. The van der Waals surface area contributed by atoms with Gasteiger partial charge in [-0.25, -0.2) is 0 Å². The minimum absolute atomic E-state index is 0.00962. The van der Waals surface area contributed by atoms with Gasteiger partial charge in [-0.15, -0.1) is 0 Å². The summed E-state index contributed by atoms with van der Waals surface area (Å²) in [4.78, 5) is 0. The summed E-state index contributed by atoms with van der Waals surface area (Å²) >= 11 is 3.50. The lowest BCUT2D eigenvalue weighted by Gasteiger charge is -2.02. The van der Waals surface area contributed by atoms with E-state index in [0.29, 0.717) is 0 Å². The van der Waals surface area contributed by atoms with Gasteiger partial charge in [-0.05, 0) is 53.0 Å². The molecule has 2 rings (SSSR count). The maximum Gasteiger partial charge on any atom is 0.148 e. The quantitative estimate of drug-likeness (QED) is 0.896.